The maximum Gasteiger partial charge on any atom is 0.177 e. The minimum atomic E-state index is -0.0993. The Balaban J connectivity index is 2.34. The molecule has 0 aromatic carbocycles. The summed E-state index contributed by atoms with van der Waals surface area (Å²) in [5.41, 5.74) is 3.27. The van der Waals surface area contributed by atoms with Crippen LogP contribution in [0.15, 0.2) is 6.07 Å². The second-order valence-electron chi connectivity index (χ2n) is 5.43. The molecule has 2 nitrogen and oxygen atoms in total. The Morgan fingerprint density at radius 1 is 1.33 bits per heavy atom. The van der Waals surface area contributed by atoms with Gasteiger partial charge in [0.15, 0.2) is 5.78 Å². The van der Waals surface area contributed by atoms with Gasteiger partial charge in [0.05, 0.1) is 4.83 Å². The Morgan fingerprint density at radius 3 is 2.50 bits per heavy atom. The Bertz CT molecular complexity index is 442. The Kier molecular flexibility index (Phi) is 4.31. The normalized spacial score (nSPS) is 18.9. The molecular formula is C15H22BrNO. The van der Waals surface area contributed by atoms with E-state index in [0.717, 1.165) is 11.3 Å². The van der Waals surface area contributed by atoms with Gasteiger partial charge in [-0.2, -0.15) is 0 Å². The van der Waals surface area contributed by atoms with Gasteiger partial charge < -0.3 is 4.57 Å². The molecule has 1 heterocycles. The first-order valence-electron chi connectivity index (χ1n) is 6.89. The molecule has 0 bridgehead atoms. The Hall–Kier alpha value is -0.570. The Morgan fingerprint density at radius 2 is 1.94 bits per heavy atom. The summed E-state index contributed by atoms with van der Waals surface area (Å²) in [6.45, 7) is 6.11. The van der Waals surface area contributed by atoms with E-state index in [2.05, 4.69) is 40.4 Å². The lowest BCUT2D eigenvalue weighted by atomic mass is 9.95. The number of rotatable bonds is 3. The van der Waals surface area contributed by atoms with Crippen LogP contribution in [-0.4, -0.2) is 15.2 Å². The van der Waals surface area contributed by atoms with Crippen molar-refractivity contribution in [2.24, 2.45) is 0 Å². The number of aromatic nitrogens is 1. The molecule has 2 rings (SSSR count). The van der Waals surface area contributed by atoms with Gasteiger partial charge in [-0.15, -0.1) is 0 Å². The standard InChI is InChI=1S/C15H22BrNO/c1-10-9-14(15(18)11(2)16)12(3)17(10)13-7-5-4-6-8-13/h9,11,13H,4-8H2,1-3H3. The molecule has 1 aliphatic rings. The van der Waals surface area contributed by atoms with Gasteiger partial charge in [0.2, 0.25) is 0 Å². The zero-order valence-electron chi connectivity index (χ0n) is 11.5. The molecule has 18 heavy (non-hydrogen) atoms. The molecule has 1 fully saturated rings. The van der Waals surface area contributed by atoms with Crippen LogP contribution in [0.4, 0.5) is 0 Å². The molecule has 0 amide bonds. The third kappa shape index (κ3) is 2.56. The van der Waals surface area contributed by atoms with E-state index in [1.807, 2.05) is 6.92 Å². The summed E-state index contributed by atoms with van der Waals surface area (Å²) in [4.78, 5) is 12.1. The minimum Gasteiger partial charge on any atom is -0.345 e. The second kappa shape index (κ2) is 5.60. The van der Waals surface area contributed by atoms with Gasteiger partial charge in [-0.05, 0) is 39.7 Å². The van der Waals surface area contributed by atoms with Crippen LogP contribution in [0.3, 0.4) is 0 Å². The fraction of sp³-hybridized carbons (Fsp3) is 0.667. The van der Waals surface area contributed by atoms with Crippen LogP contribution >= 0.6 is 15.9 Å². The van der Waals surface area contributed by atoms with E-state index < -0.39 is 0 Å². The minimum absolute atomic E-state index is 0.0993. The van der Waals surface area contributed by atoms with Crippen molar-refractivity contribution >= 4 is 21.7 Å². The van der Waals surface area contributed by atoms with E-state index in [9.17, 15) is 4.79 Å². The first-order chi connectivity index (χ1) is 8.52. The number of Topliss-reactive ketones (excluding diaryl/α,β-unsaturated/α-hetero) is 1. The van der Waals surface area contributed by atoms with Crippen molar-refractivity contribution in [3.63, 3.8) is 0 Å². The van der Waals surface area contributed by atoms with Crippen molar-refractivity contribution in [1.29, 1.82) is 0 Å². The van der Waals surface area contributed by atoms with Gasteiger partial charge in [0, 0.05) is 23.0 Å². The number of ketones is 1. The lowest BCUT2D eigenvalue weighted by Gasteiger charge is -2.26. The van der Waals surface area contributed by atoms with Crippen molar-refractivity contribution in [2.45, 2.75) is 63.7 Å². The summed E-state index contributed by atoms with van der Waals surface area (Å²) in [6, 6.07) is 2.66. The van der Waals surface area contributed by atoms with E-state index in [4.69, 9.17) is 0 Å². The highest BCUT2D eigenvalue weighted by Crippen LogP contribution is 2.32. The van der Waals surface area contributed by atoms with Crippen molar-refractivity contribution in [3.8, 4) is 0 Å². The van der Waals surface area contributed by atoms with Crippen LogP contribution in [0.1, 0.15) is 66.8 Å². The van der Waals surface area contributed by atoms with Gasteiger partial charge in [-0.3, -0.25) is 4.79 Å². The highest BCUT2D eigenvalue weighted by atomic mass is 79.9. The highest BCUT2D eigenvalue weighted by molar-refractivity contribution is 9.10. The molecule has 0 saturated heterocycles. The van der Waals surface area contributed by atoms with Crippen LogP contribution in [0.5, 0.6) is 0 Å². The van der Waals surface area contributed by atoms with E-state index in [1.54, 1.807) is 0 Å². The van der Waals surface area contributed by atoms with Gasteiger partial charge in [0.25, 0.3) is 0 Å². The molecule has 1 aromatic rings. The molecule has 1 aliphatic carbocycles. The zero-order valence-corrected chi connectivity index (χ0v) is 13.1. The SMILES string of the molecule is Cc1cc(C(=O)C(C)Br)c(C)n1C1CCCCC1. The maximum absolute atomic E-state index is 12.2. The first kappa shape index (κ1) is 13.9. The van der Waals surface area contributed by atoms with Crippen LogP contribution in [0, 0.1) is 13.8 Å². The summed E-state index contributed by atoms with van der Waals surface area (Å²) >= 11 is 3.38. The second-order valence-corrected chi connectivity index (χ2v) is 6.80. The van der Waals surface area contributed by atoms with Crippen LogP contribution in [-0.2, 0) is 0 Å². The molecule has 100 valence electrons. The van der Waals surface area contributed by atoms with Crippen molar-refractivity contribution < 1.29 is 4.79 Å². The first-order valence-corrected chi connectivity index (χ1v) is 7.80. The average molecular weight is 312 g/mol. The summed E-state index contributed by atoms with van der Waals surface area (Å²) < 4.78 is 2.39. The smallest absolute Gasteiger partial charge is 0.177 e. The largest absolute Gasteiger partial charge is 0.345 e. The van der Waals surface area contributed by atoms with Crippen LogP contribution in [0.2, 0.25) is 0 Å². The van der Waals surface area contributed by atoms with Crippen molar-refractivity contribution in [1.82, 2.24) is 4.57 Å². The van der Waals surface area contributed by atoms with E-state index >= 15 is 0 Å². The molecule has 3 heteroatoms. The maximum atomic E-state index is 12.2. The summed E-state index contributed by atoms with van der Waals surface area (Å²) in [5.74, 6) is 0.199. The Labute approximate surface area is 118 Å². The molecule has 0 spiro atoms. The number of alkyl halides is 1. The van der Waals surface area contributed by atoms with Gasteiger partial charge in [-0.25, -0.2) is 0 Å². The van der Waals surface area contributed by atoms with Crippen molar-refractivity contribution in [3.05, 3.63) is 23.0 Å². The third-order valence-corrected chi connectivity index (χ3v) is 4.47. The van der Waals surface area contributed by atoms with Crippen LogP contribution < -0.4 is 0 Å². The molecule has 1 saturated carbocycles. The number of carbonyl (C=O) groups is 1. The lowest BCUT2D eigenvalue weighted by molar-refractivity contribution is 0.0995. The van der Waals surface area contributed by atoms with Gasteiger partial charge in [0.1, 0.15) is 0 Å². The van der Waals surface area contributed by atoms with Gasteiger partial charge >= 0.3 is 0 Å². The monoisotopic (exact) mass is 311 g/mol. The van der Waals surface area contributed by atoms with E-state index in [-0.39, 0.29) is 10.6 Å². The number of aryl methyl sites for hydroxylation is 1. The van der Waals surface area contributed by atoms with E-state index in [0.29, 0.717) is 6.04 Å². The quantitative estimate of drug-likeness (QED) is 0.591. The topological polar surface area (TPSA) is 22.0 Å². The highest BCUT2D eigenvalue weighted by Gasteiger charge is 2.23. The molecule has 1 unspecified atom stereocenters. The molecular weight excluding hydrogens is 290 g/mol. The fourth-order valence-corrected chi connectivity index (χ4v) is 3.39. The summed E-state index contributed by atoms with van der Waals surface area (Å²) in [6.07, 6.45) is 6.52. The molecule has 0 N–H and O–H groups in total. The molecule has 1 atom stereocenters. The predicted molar refractivity (Wildman–Crippen MR) is 78.7 cm³/mol. The number of halogens is 1. The van der Waals surface area contributed by atoms with Gasteiger partial charge in [-0.1, -0.05) is 35.2 Å². The van der Waals surface area contributed by atoms with Crippen LogP contribution in [0.25, 0.3) is 0 Å². The van der Waals surface area contributed by atoms with E-state index in [1.165, 1.54) is 37.8 Å². The third-order valence-electron chi connectivity index (χ3n) is 4.05. The zero-order chi connectivity index (χ0) is 13.3. The summed E-state index contributed by atoms with van der Waals surface area (Å²) in [7, 11) is 0. The molecule has 0 aliphatic heterocycles. The average Bonchev–Trinajstić information content (AvgIpc) is 2.65. The summed E-state index contributed by atoms with van der Waals surface area (Å²) in [5, 5.41) is 0. The predicted octanol–water partition coefficient (Wildman–Crippen LogP) is 4.58. The number of carbonyl (C=O) groups excluding carboxylic acids is 1. The van der Waals surface area contributed by atoms with Crippen molar-refractivity contribution in [2.75, 3.05) is 0 Å². The number of nitrogens with zero attached hydrogens (tertiary/aromatic N) is 1. The fourth-order valence-electron chi connectivity index (χ4n) is 3.14. The number of hydrogen-bond acceptors (Lipinski definition) is 1. The molecule has 0 radical (unpaired) electrons. The lowest BCUT2D eigenvalue weighted by Crippen LogP contribution is -2.17. The molecule has 1 aromatic heterocycles. The number of hydrogen-bond donors (Lipinski definition) is 0.